The van der Waals surface area contributed by atoms with Crippen molar-refractivity contribution in [2.24, 2.45) is 0 Å². The molecule has 0 aliphatic rings. The molecule has 1 heterocycles. The molecule has 4 rings (SSSR count). The molecule has 37 heavy (non-hydrogen) atoms. The monoisotopic (exact) mass is 519 g/mol. The fraction of sp³-hybridized carbons (Fsp3) is 0.241. The minimum absolute atomic E-state index is 0.275. The van der Waals surface area contributed by atoms with Crippen molar-refractivity contribution in [3.63, 3.8) is 0 Å². The number of anilines is 2. The van der Waals surface area contributed by atoms with Crippen LogP contribution >= 0.6 is 11.6 Å². The van der Waals surface area contributed by atoms with Gasteiger partial charge in [0, 0.05) is 40.2 Å². The number of amides is 2. The summed E-state index contributed by atoms with van der Waals surface area (Å²) in [5.41, 5.74) is 3.73. The molecule has 0 bridgehead atoms. The van der Waals surface area contributed by atoms with Crippen LogP contribution in [0.4, 0.5) is 11.4 Å². The van der Waals surface area contributed by atoms with E-state index in [0.29, 0.717) is 58.9 Å². The number of ether oxygens (including phenoxy) is 2. The summed E-state index contributed by atoms with van der Waals surface area (Å²) >= 11 is 6.23. The maximum atomic E-state index is 13.6. The lowest BCUT2D eigenvalue weighted by atomic mass is 10.1. The van der Waals surface area contributed by atoms with Crippen LogP contribution in [0.3, 0.4) is 0 Å². The van der Waals surface area contributed by atoms with E-state index in [4.69, 9.17) is 21.1 Å². The van der Waals surface area contributed by atoms with Gasteiger partial charge in [-0.1, -0.05) is 29.8 Å². The largest absolute Gasteiger partial charge is 0.492 e. The summed E-state index contributed by atoms with van der Waals surface area (Å²) in [6.07, 6.45) is 0. The molecule has 0 atom stereocenters. The van der Waals surface area contributed by atoms with Crippen molar-refractivity contribution in [2.75, 3.05) is 23.8 Å². The van der Waals surface area contributed by atoms with Crippen LogP contribution in [0.1, 0.15) is 47.2 Å². The molecule has 0 saturated carbocycles. The number of nitrogens with zero attached hydrogens (tertiary/aromatic N) is 1. The number of hydrogen-bond acceptors (Lipinski definition) is 4. The van der Waals surface area contributed by atoms with Crippen molar-refractivity contribution >= 4 is 45.7 Å². The Hall–Kier alpha value is -3.97. The third kappa shape index (κ3) is 5.42. The van der Waals surface area contributed by atoms with Gasteiger partial charge in [0.25, 0.3) is 11.8 Å². The van der Waals surface area contributed by atoms with Gasteiger partial charge in [0.15, 0.2) is 0 Å². The number of fused-ring (bicyclic) bond motifs is 1. The molecular weight excluding hydrogens is 490 g/mol. The standard InChI is InChI=1S/C29H30ClN3O4/c1-5-33-24-14-13-20(30)15-21(24)18(4)27(33)29(35)32-23-17-25(36-6-2)22(16-26(23)37-7-3)31-28(34)19-11-9-8-10-12-19/h8-17H,5-7H2,1-4H3,(H,31,34)(H,32,35). The molecule has 0 unspecified atom stereocenters. The Morgan fingerprint density at radius 1 is 0.838 bits per heavy atom. The number of carbonyl (C=O) groups excluding carboxylic acids is 2. The number of aryl methyl sites for hydroxylation is 2. The molecule has 2 amide bonds. The van der Waals surface area contributed by atoms with Gasteiger partial charge >= 0.3 is 0 Å². The molecule has 0 saturated heterocycles. The lowest BCUT2D eigenvalue weighted by Crippen LogP contribution is -2.19. The second-order valence-corrected chi connectivity index (χ2v) is 8.80. The highest BCUT2D eigenvalue weighted by Crippen LogP contribution is 2.38. The molecule has 0 aliphatic heterocycles. The van der Waals surface area contributed by atoms with Gasteiger partial charge in [0.2, 0.25) is 0 Å². The predicted molar refractivity (Wildman–Crippen MR) is 148 cm³/mol. The van der Waals surface area contributed by atoms with Crippen LogP contribution < -0.4 is 20.1 Å². The Morgan fingerprint density at radius 3 is 2.00 bits per heavy atom. The highest BCUT2D eigenvalue weighted by Gasteiger charge is 2.22. The second kappa shape index (κ2) is 11.4. The van der Waals surface area contributed by atoms with Gasteiger partial charge in [0.1, 0.15) is 17.2 Å². The zero-order chi connectivity index (χ0) is 26.5. The molecular formula is C29H30ClN3O4. The predicted octanol–water partition coefficient (Wildman–Crippen LogP) is 6.93. The molecule has 0 spiro atoms. The Balaban J connectivity index is 1.72. The Kier molecular flexibility index (Phi) is 8.04. The fourth-order valence-corrected chi connectivity index (χ4v) is 4.56. The van der Waals surface area contributed by atoms with E-state index in [1.54, 1.807) is 36.4 Å². The highest BCUT2D eigenvalue weighted by atomic mass is 35.5. The highest BCUT2D eigenvalue weighted by molar-refractivity contribution is 6.31. The van der Waals surface area contributed by atoms with E-state index in [-0.39, 0.29) is 11.8 Å². The van der Waals surface area contributed by atoms with Gasteiger partial charge < -0.3 is 24.7 Å². The van der Waals surface area contributed by atoms with Crippen LogP contribution in [-0.4, -0.2) is 29.6 Å². The van der Waals surface area contributed by atoms with Crippen molar-refractivity contribution in [2.45, 2.75) is 34.2 Å². The van der Waals surface area contributed by atoms with E-state index in [2.05, 4.69) is 10.6 Å². The molecule has 3 aromatic carbocycles. The molecule has 0 radical (unpaired) electrons. The molecule has 1 aromatic heterocycles. The summed E-state index contributed by atoms with van der Waals surface area (Å²) in [6.45, 7) is 8.97. The lowest BCUT2D eigenvalue weighted by Gasteiger charge is -2.18. The van der Waals surface area contributed by atoms with Crippen LogP contribution in [0.25, 0.3) is 10.9 Å². The van der Waals surface area contributed by atoms with E-state index in [1.165, 1.54) is 0 Å². The first-order valence-corrected chi connectivity index (χ1v) is 12.6. The van der Waals surface area contributed by atoms with E-state index < -0.39 is 0 Å². The van der Waals surface area contributed by atoms with Crippen molar-refractivity contribution < 1.29 is 19.1 Å². The SMILES string of the molecule is CCOc1cc(NC(=O)c2c(C)c3cc(Cl)ccc3n2CC)c(OCC)cc1NC(=O)c1ccccc1. The van der Waals surface area contributed by atoms with E-state index in [1.807, 2.05) is 56.5 Å². The van der Waals surface area contributed by atoms with Gasteiger partial charge in [0.05, 0.1) is 24.6 Å². The van der Waals surface area contributed by atoms with Crippen LogP contribution in [0.5, 0.6) is 11.5 Å². The third-order valence-corrected chi connectivity index (χ3v) is 6.26. The molecule has 0 aliphatic carbocycles. The second-order valence-electron chi connectivity index (χ2n) is 8.36. The molecule has 4 aromatic rings. The number of nitrogens with one attached hydrogen (secondary N) is 2. The number of benzene rings is 3. The van der Waals surface area contributed by atoms with Gasteiger partial charge in [-0.3, -0.25) is 9.59 Å². The maximum Gasteiger partial charge on any atom is 0.272 e. The lowest BCUT2D eigenvalue weighted by molar-refractivity contribution is 0.101. The van der Waals surface area contributed by atoms with Gasteiger partial charge in [-0.25, -0.2) is 0 Å². The minimum Gasteiger partial charge on any atom is -0.492 e. The third-order valence-electron chi connectivity index (χ3n) is 6.02. The van der Waals surface area contributed by atoms with Gasteiger partial charge in [-0.15, -0.1) is 0 Å². The first-order chi connectivity index (χ1) is 17.9. The van der Waals surface area contributed by atoms with Gasteiger partial charge in [-0.2, -0.15) is 0 Å². The Bertz CT molecular complexity index is 1450. The number of rotatable bonds is 9. The number of aromatic nitrogens is 1. The molecule has 8 heteroatoms. The average Bonchev–Trinajstić information content (AvgIpc) is 3.17. The fourth-order valence-electron chi connectivity index (χ4n) is 4.39. The van der Waals surface area contributed by atoms with Crippen LogP contribution in [0.15, 0.2) is 60.7 Å². The summed E-state index contributed by atoms with van der Waals surface area (Å²) in [5, 5.41) is 7.45. The molecule has 7 nitrogen and oxygen atoms in total. The van der Waals surface area contributed by atoms with Gasteiger partial charge in [-0.05, 0) is 63.6 Å². The average molecular weight is 520 g/mol. The quantitative estimate of drug-likeness (QED) is 0.251. The summed E-state index contributed by atoms with van der Waals surface area (Å²) in [6, 6.07) is 17.9. The van der Waals surface area contributed by atoms with Crippen LogP contribution in [0, 0.1) is 6.92 Å². The van der Waals surface area contributed by atoms with Crippen LogP contribution in [-0.2, 0) is 6.54 Å². The number of hydrogen-bond donors (Lipinski definition) is 2. The minimum atomic E-state index is -0.281. The van der Waals surface area contributed by atoms with Crippen molar-refractivity contribution in [3.05, 3.63) is 82.5 Å². The summed E-state index contributed by atoms with van der Waals surface area (Å²) < 4.78 is 13.6. The first-order valence-electron chi connectivity index (χ1n) is 12.3. The zero-order valence-corrected chi connectivity index (χ0v) is 22.1. The van der Waals surface area contributed by atoms with E-state index in [9.17, 15) is 9.59 Å². The van der Waals surface area contributed by atoms with Crippen molar-refractivity contribution in [3.8, 4) is 11.5 Å². The number of halogens is 1. The first kappa shape index (κ1) is 26.1. The zero-order valence-electron chi connectivity index (χ0n) is 21.4. The summed E-state index contributed by atoms with van der Waals surface area (Å²) in [5.74, 6) is 0.284. The normalized spacial score (nSPS) is 10.8. The molecule has 2 N–H and O–H groups in total. The Morgan fingerprint density at radius 2 is 1.43 bits per heavy atom. The van der Waals surface area contributed by atoms with Crippen molar-refractivity contribution in [1.82, 2.24) is 4.57 Å². The number of carbonyl (C=O) groups is 2. The summed E-state index contributed by atoms with van der Waals surface area (Å²) in [4.78, 5) is 26.4. The summed E-state index contributed by atoms with van der Waals surface area (Å²) in [7, 11) is 0. The van der Waals surface area contributed by atoms with E-state index >= 15 is 0 Å². The topological polar surface area (TPSA) is 81.6 Å². The molecule has 192 valence electrons. The maximum absolute atomic E-state index is 13.6. The Labute approximate surface area is 221 Å². The van der Waals surface area contributed by atoms with E-state index in [0.717, 1.165) is 16.5 Å². The van der Waals surface area contributed by atoms with Crippen LogP contribution in [0.2, 0.25) is 5.02 Å². The molecule has 0 fully saturated rings. The smallest absolute Gasteiger partial charge is 0.272 e. The van der Waals surface area contributed by atoms with Crippen molar-refractivity contribution in [1.29, 1.82) is 0 Å².